The highest BCUT2D eigenvalue weighted by atomic mass is 127. The number of rotatable bonds is 2. The summed E-state index contributed by atoms with van der Waals surface area (Å²) >= 11 is 0. The largest absolute Gasteiger partial charge is 0.306 e. The van der Waals surface area contributed by atoms with Crippen molar-refractivity contribution in [3.8, 4) is 11.3 Å². The van der Waals surface area contributed by atoms with Crippen molar-refractivity contribution >= 4 is 35.3 Å². The first-order chi connectivity index (χ1) is 9.13. The van der Waals surface area contributed by atoms with E-state index in [4.69, 9.17) is 0 Å². The molecule has 0 saturated carbocycles. The van der Waals surface area contributed by atoms with Crippen LogP contribution in [0.4, 0.5) is 5.69 Å². The lowest BCUT2D eigenvalue weighted by Gasteiger charge is -1.95. The van der Waals surface area contributed by atoms with Crippen LogP contribution in [0.25, 0.3) is 16.9 Å². The minimum atomic E-state index is -0.406. The fraction of sp³-hybridized carbons (Fsp3) is 0.0714. The maximum atomic E-state index is 10.6. The van der Waals surface area contributed by atoms with Crippen LogP contribution in [0, 0.1) is 17.0 Å². The van der Waals surface area contributed by atoms with Gasteiger partial charge in [-0.25, -0.2) is 4.98 Å². The third-order valence-corrected chi connectivity index (χ3v) is 2.99. The second-order valence-electron chi connectivity index (χ2n) is 4.40. The molecular weight excluding hydrogens is 369 g/mol. The molecule has 0 bridgehead atoms. The van der Waals surface area contributed by atoms with Gasteiger partial charge in [0.1, 0.15) is 5.65 Å². The van der Waals surface area contributed by atoms with E-state index in [9.17, 15) is 10.1 Å². The van der Waals surface area contributed by atoms with E-state index in [1.165, 1.54) is 12.1 Å². The van der Waals surface area contributed by atoms with Crippen LogP contribution in [-0.2, 0) is 0 Å². The molecule has 0 spiro atoms. The number of imidazole rings is 1. The third kappa shape index (κ3) is 2.64. The number of halogens is 1. The fourth-order valence-electron chi connectivity index (χ4n) is 1.98. The quantitative estimate of drug-likeness (QED) is 0.385. The lowest BCUT2D eigenvalue weighted by atomic mass is 10.1. The number of benzene rings is 1. The Kier molecular flexibility index (Phi) is 4.03. The normalized spacial score (nSPS) is 10.2. The fourth-order valence-corrected chi connectivity index (χ4v) is 1.98. The molecule has 2 heterocycles. The van der Waals surface area contributed by atoms with Crippen molar-refractivity contribution in [3.05, 3.63) is 64.5 Å². The molecule has 0 aliphatic rings. The molecule has 2 aromatic heterocycles. The Morgan fingerprint density at radius 1 is 1.20 bits per heavy atom. The number of aryl methyl sites for hydroxylation is 1. The lowest BCUT2D eigenvalue weighted by Crippen LogP contribution is -1.87. The zero-order chi connectivity index (χ0) is 13.4. The van der Waals surface area contributed by atoms with Gasteiger partial charge in [-0.2, -0.15) is 0 Å². The predicted molar refractivity (Wildman–Crippen MR) is 87.4 cm³/mol. The molecule has 0 aliphatic heterocycles. The van der Waals surface area contributed by atoms with Gasteiger partial charge in [0.15, 0.2) is 0 Å². The Hall–Kier alpha value is -1.96. The van der Waals surface area contributed by atoms with Gasteiger partial charge in [0.2, 0.25) is 0 Å². The topological polar surface area (TPSA) is 60.4 Å². The molecule has 0 aliphatic carbocycles. The van der Waals surface area contributed by atoms with Gasteiger partial charge >= 0.3 is 0 Å². The Balaban J connectivity index is 0.00000147. The zero-order valence-corrected chi connectivity index (χ0v) is 13.0. The number of fused-ring (bicyclic) bond motifs is 1. The van der Waals surface area contributed by atoms with Crippen molar-refractivity contribution in [2.45, 2.75) is 6.92 Å². The monoisotopic (exact) mass is 381 g/mol. The molecule has 3 rings (SSSR count). The molecule has 1 aromatic carbocycles. The minimum absolute atomic E-state index is 0. The van der Waals surface area contributed by atoms with E-state index in [1.807, 2.05) is 35.9 Å². The number of aromatic nitrogens is 2. The van der Waals surface area contributed by atoms with E-state index in [1.54, 1.807) is 12.1 Å². The molecule has 0 amide bonds. The first kappa shape index (κ1) is 14.4. The highest BCUT2D eigenvalue weighted by Crippen LogP contribution is 2.22. The van der Waals surface area contributed by atoms with Gasteiger partial charge in [-0.1, -0.05) is 0 Å². The maximum absolute atomic E-state index is 10.6. The Bertz CT molecular complexity index is 766. The van der Waals surface area contributed by atoms with Crippen molar-refractivity contribution in [2.24, 2.45) is 0 Å². The molecule has 3 aromatic rings. The molecule has 5 nitrogen and oxygen atoms in total. The number of nitro benzene ring substituents is 1. The van der Waals surface area contributed by atoms with Gasteiger partial charge in [0.05, 0.1) is 10.6 Å². The van der Waals surface area contributed by atoms with Crippen LogP contribution in [0.1, 0.15) is 5.56 Å². The van der Waals surface area contributed by atoms with Gasteiger partial charge in [-0.15, -0.1) is 24.0 Å². The molecule has 6 heteroatoms. The summed E-state index contributed by atoms with van der Waals surface area (Å²) in [6.07, 6.45) is 3.86. The highest BCUT2D eigenvalue weighted by molar-refractivity contribution is 14.0. The van der Waals surface area contributed by atoms with Gasteiger partial charge in [0.25, 0.3) is 5.69 Å². The molecule has 0 radical (unpaired) electrons. The summed E-state index contributed by atoms with van der Waals surface area (Å²) in [6, 6.07) is 10.4. The van der Waals surface area contributed by atoms with Crippen molar-refractivity contribution in [1.29, 1.82) is 0 Å². The summed E-state index contributed by atoms with van der Waals surface area (Å²) in [6.45, 7) is 2.01. The molecule has 0 N–H and O–H groups in total. The second kappa shape index (κ2) is 5.58. The number of hydrogen-bond donors (Lipinski definition) is 0. The van der Waals surface area contributed by atoms with Crippen LogP contribution in [0.5, 0.6) is 0 Å². The summed E-state index contributed by atoms with van der Waals surface area (Å²) in [4.78, 5) is 14.7. The molecule has 0 unspecified atom stereocenters. The van der Waals surface area contributed by atoms with E-state index in [0.717, 1.165) is 22.5 Å². The lowest BCUT2D eigenvalue weighted by molar-refractivity contribution is -0.384. The first-order valence-electron chi connectivity index (χ1n) is 5.84. The van der Waals surface area contributed by atoms with Crippen molar-refractivity contribution in [1.82, 2.24) is 9.38 Å². The Morgan fingerprint density at radius 2 is 1.90 bits per heavy atom. The predicted octanol–water partition coefficient (Wildman–Crippen LogP) is 3.84. The van der Waals surface area contributed by atoms with Crippen molar-refractivity contribution in [2.75, 3.05) is 0 Å². The van der Waals surface area contributed by atoms with Crippen LogP contribution in [0.15, 0.2) is 48.8 Å². The van der Waals surface area contributed by atoms with Crippen LogP contribution in [0.3, 0.4) is 0 Å². The van der Waals surface area contributed by atoms with Crippen molar-refractivity contribution < 1.29 is 4.92 Å². The van der Waals surface area contributed by atoms with Crippen LogP contribution in [0.2, 0.25) is 0 Å². The van der Waals surface area contributed by atoms with Gasteiger partial charge in [-0.3, -0.25) is 10.1 Å². The smallest absolute Gasteiger partial charge is 0.269 e. The average molecular weight is 381 g/mol. The van der Waals surface area contributed by atoms with Crippen LogP contribution < -0.4 is 0 Å². The van der Waals surface area contributed by atoms with E-state index in [-0.39, 0.29) is 29.7 Å². The summed E-state index contributed by atoms with van der Waals surface area (Å²) in [5, 5.41) is 10.6. The number of non-ortho nitro benzene ring substituents is 1. The summed E-state index contributed by atoms with van der Waals surface area (Å²) in [5.41, 5.74) is 3.78. The summed E-state index contributed by atoms with van der Waals surface area (Å²) < 4.78 is 1.93. The van der Waals surface area contributed by atoms with E-state index >= 15 is 0 Å². The van der Waals surface area contributed by atoms with Gasteiger partial charge in [-0.05, 0) is 36.8 Å². The van der Waals surface area contributed by atoms with E-state index < -0.39 is 4.92 Å². The number of nitro groups is 1. The molecule has 102 valence electrons. The highest BCUT2D eigenvalue weighted by Gasteiger charge is 2.08. The van der Waals surface area contributed by atoms with E-state index in [2.05, 4.69) is 4.98 Å². The standard InChI is InChI=1S/C14H11N3O2.HI/c1-10-6-7-16-9-13(15-14(16)8-10)11-2-4-12(5-3-11)17(18)19;/h2-9H,1H3;1H. The first-order valence-corrected chi connectivity index (χ1v) is 5.84. The van der Waals surface area contributed by atoms with Gasteiger partial charge in [0, 0.05) is 30.1 Å². The second-order valence-corrected chi connectivity index (χ2v) is 4.40. The third-order valence-electron chi connectivity index (χ3n) is 2.99. The van der Waals surface area contributed by atoms with Crippen LogP contribution >= 0.6 is 24.0 Å². The number of pyridine rings is 1. The van der Waals surface area contributed by atoms with Crippen molar-refractivity contribution in [3.63, 3.8) is 0 Å². The molecule has 20 heavy (non-hydrogen) atoms. The Morgan fingerprint density at radius 3 is 2.55 bits per heavy atom. The molecule has 0 fully saturated rings. The molecule has 0 atom stereocenters. The SMILES string of the molecule is Cc1ccn2cc(-c3ccc([N+](=O)[O-])cc3)nc2c1.I. The zero-order valence-electron chi connectivity index (χ0n) is 10.7. The summed E-state index contributed by atoms with van der Waals surface area (Å²) in [5.74, 6) is 0. The van der Waals surface area contributed by atoms with Gasteiger partial charge < -0.3 is 4.40 Å². The number of hydrogen-bond acceptors (Lipinski definition) is 3. The maximum Gasteiger partial charge on any atom is 0.269 e. The molecular formula is C14H12IN3O2. The minimum Gasteiger partial charge on any atom is -0.306 e. The van der Waals surface area contributed by atoms with Crippen LogP contribution in [-0.4, -0.2) is 14.3 Å². The summed E-state index contributed by atoms with van der Waals surface area (Å²) in [7, 11) is 0. The average Bonchev–Trinajstić information content (AvgIpc) is 2.81. The Labute approximate surface area is 132 Å². The van der Waals surface area contributed by atoms with E-state index in [0.29, 0.717) is 0 Å². The number of nitrogens with zero attached hydrogens (tertiary/aromatic N) is 3. The molecule has 0 saturated heterocycles.